The summed E-state index contributed by atoms with van der Waals surface area (Å²) in [6.07, 6.45) is 5.43. The number of fused-ring (bicyclic) bond motifs is 3. The number of hydrogen-bond donors (Lipinski definition) is 2. The number of benzene rings is 3. The number of nitrogens with one attached hydrogen (secondary N) is 2. The SMILES string of the molecule is CC(C)c1ccc(NS(=O)(=O)c2ccc3c(c2)[C@H]2C=CC[C@H]2[C@@H](c2ccccc2)N3)cc1. The highest BCUT2D eigenvalue weighted by Gasteiger charge is 2.38. The van der Waals surface area contributed by atoms with Crippen LogP contribution in [-0.4, -0.2) is 8.42 Å². The van der Waals surface area contributed by atoms with E-state index in [9.17, 15) is 8.42 Å². The van der Waals surface area contributed by atoms with Crippen molar-refractivity contribution in [2.75, 3.05) is 10.0 Å². The third-order valence-corrected chi connectivity index (χ3v) is 8.01. The van der Waals surface area contributed by atoms with Crippen LogP contribution in [0.5, 0.6) is 0 Å². The van der Waals surface area contributed by atoms with Crippen molar-refractivity contribution in [1.82, 2.24) is 0 Å². The number of hydrogen-bond acceptors (Lipinski definition) is 3. The molecule has 3 aromatic rings. The fourth-order valence-corrected chi connectivity index (χ4v) is 5.97. The van der Waals surface area contributed by atoms with Gasteiger partial charge in [-0.05, 0) is 65.3 Å². The molecule has 1 aliphatic heterocycles. The van der Waals surface area contributed by atoms with Crippen LogP contribution in [0.25, 0.3) is 0 Å². The monoisotopic (exact) mass is 444 g/mol. The molecule has 2 aliphatic rings. The lowest BCUT2D eigenvalue weighted by molar-refractivity contribution is 0.425. The van der Waals surface area contributed by atoms with E-state index in [1.165, 1.54) is 11.1 Å². The van der Waals surface area contributed by atoms with Gasteiger partial charge in [0.15, 0.2) is 0 Å². The van der Waals surface area contributed by atoms with Crippen molar-refractivity contribution in [3.8, 4) is 0 Å². The van der Waals surface area contributed by atoms with Crippen LogP contribution in [0.3, 0.4) is 0 Å². The first kappa shape index (κ1) is 20.8. The summed E-state index contributed by atoms with van der Waals surface area (Å²) < 4.78 is 29.0. The van der Waals surface area contributed by atoms with Gasteiger partial charge in [0.25, 0.3) is 10.0 Å². The number of rotatable bonds is 5. The van der Waals surface area contributed by atoms with Gasteiger partial charge in [0.05, 0.1) is 10.9 Å². The maximum atomic E-state index is 13.1. The van der Waals surface area contributed by atoms with Crippen molar-refractivity contribution in [2.45, 2.75) is 43.0 Å². The minimum absolute atomic E-state index is 0.205. The van der Waals surface area contributed by atoms with Crippen LogP contribution in [-0.2, 0) is 10.0 Å². The lowest BCUT2D eigenvalue weighted by Crippen LogP contribution is -2.29. The van der Waals surface area contributed by atoms with Crippen molar-refractivity contribution >= 4 is 21.4 Å². The lowest BCUT2D eigenvalue weighted by atomic mass is 9.77. The fraction of sp³-hybridized carbons (Fsp3) is 0.259. The van der Waals surface area contributed by atoms with E-state index in [4.69, 9.17) is 0 Å². The summed E-state index contributed by atoms with van der Waals surface area (Å²) in [5.41, 5.74) is 5.08. The van der Waals surface area contributed by atoms with Crippen molar-refractivity contribution in [3.63, 3.8) is 0 Å². The molecule has 0 saturated carbocycles. The first-order valence-corrected chi connectivity index (χ1v) is 12.7. The average molecular weight is 445 g/mol. The highest BCUT2D eigenvalue weighted by atomic mass is 32.2. The van der Waals surface area contributed by atoms with Gasteiger partial charge >= 0.3 is 0 Å². The number of sulfonamides is 1. The van der Waals surface area contributed by atoms with E-state index in [0.29, 0.717) is 22.4 Å². The van der Waals surface area contributed by atoms with Crippen molar-refractivity contribution in [2.24, 2.45) is 5.92 Å². The molecular weight excluding hydrogens is 416 g/mol. The molecule has 2 N–H and O–H groups in total. The van der Waals surface area contributed by atoms with Gasteiger partial charge in [0.2, 0.25) is 0 Å². The smallest absolute Gasteiger partial charge is 0.261 e. The summed E-state index contributed by atoms with van der Waals surface area (Å²) in [7, 11) is -3.68. The van der Waals surface area contributed by atoms with Gasteiger partial charge in [-0.2, -0.15) is 0 Å². The summed E-state index contributed by atoms with van der Waals surface area (Å²) in [6.45, 7) is 4.24. The zero-order valence-electron chi connectivity index (χ0n) is 18.3. The van der Waals surface area contributed by atoms with Gasteiger partial charge in [0.1, 0.15) is 0 Å². The molecule has 0 amide bonds. The second kappa shape index (κ2) is 8.14. The first-order chi connectivity index (χ1) is 15.4. The van der Waals surface area contributed by atoms with E-state index in [0.717, 1.165) is 17.7 Å². The molecule has 5 heteroatoms. The Kier molecular flexibility index (Phi) is 5.30. The van der Waals surface area contributed by atoms with Gasteiger partial charge in [-0.1, -0.05) is 68.5 Å². The van der Waals surface area contributed by atoms with E-state index in [-0.39, 0.29) is 12.0 Å². The van der Waals surface area contributed by atoms with E-state index in [2.05, 4.69) is 60.3 Å². The molecule has 3 aromatic carbocycles. The Bertz CT molecular complexity index is 1250. The Morgan fingerprint density at radius 1 is 0.969 bits per heavy atom. The van der Waals surface area contributed by atoms with Crippen LogP contribution in [0, 0.1) is 5.92 Å². The van der Waals surface area contributed by atoms with E-state index in [1.54, 1.807) is 6.07 Å². The van der Waals surface area contributed by atoms with Gasteiger partial charge in [-0.3, -0.25) is 4.72 Å². The summed E-state index contributed by atoms with van der Waals surface area (Å²) in [4.78, 5) is 0.295. The van der Waals surface area contributed by atoms with Crippen LogP contribution in [0.2, 0.25) is 0 Å². The molecule has 1 aliphatic carbocycles. The van der Waals surface area contributed by atoms with Crippen molar-refractivity contribution in [3.05, 3.63) is 102 Å². The second-order valence-corrected chi connectivity index (χ2v) is 10.7. The summed E-state index contributed by atoms with van der Waals surface area (Å²) in [6, 6.07) is 23.7. The molecule has 0 aromatic heterocycles. The third-order valence-electron chi connectivity index (χ3n) is 6.63. The second-order valence-electron chi connectivity index (χ2n) is 9.02. The predicted molar refractivity (Wildman–Crippen MR) is 131 cm³/mol. The van der Waals surface area contributed by atoms with Crippen molar-refractivity contribution < 1.29 is 8.42 Å². The van der Waals surface area contributed by atoms with Crippen LogP contribution in [0.15, 0.2) is 89.8 Å². The number of allylic oxidation sites excluding steroid dienone is 2. The molecule has 0 bridgehead atoms. The van der Waals surface area contributed by atoms with Gasteiger partial charge in [0, 0.05) is 17.3 Å². The van der Waals surface area contributed by atoms with E-state index >= 15 is 0 Å². The predicted octanol–water partition coefficient (Wildman–Crippen LogP) is 6.44. The average Bonchev–Trinajstić information content (AvgIpc) is 3.29. The Morgan fingerprint density at radius 3 is 2.44 bits per heavy atom. The molecule has 4 nitrogen and oxygen atoms in total. The molecule has 164 valence electrons. The standard InChI is InChI=1S/C27H28N2O2S/c1-18(2)19-11-13-21(14-12-19)29-32(30,31)22-15-16-26-25(17-22)23-9-6-10-24(23)27(28-26)20-7-4-3-5-8-20/h3-9,11-18,23-24,27-29H,10H2,1-2H3/t23-,24+,27+/m0/s1. The first-order valence-electron chi connectivity index (χ1n) is 11.2. The van der Waals surface area contributed by atoms with Crippen LogP contribution in [0.1, 0.15) is 54.8 Å². The summed E-state index contributed by atoms with van der Waals surface area (Å²) in [5, 5.41) is 3.67. The maximum Gasteiger partial charge on any atom is 0.261 e. The third kappa shape index (κ3) is 3.82. The molecule has 0 spiro atoms. The van der Waals surface area contributed by atoms with Crippen LogP contribution < -0.4 is 10.0 Å². The Balaban J connectivity index is 1.45. The molecule has 0 unspecified atom stereocenters. The number of anilines is 2. The Morgan fingerprint density at radius 2 is 1.72 bits per heavy atom. The Labute approximate surface area is 190 Å². The molecule has 3 atom stereocenters. The highest BCUT2D eigenvalue weighted by Crippen LogP contribution is 2.50. The van der Waals surface area contributed by atoms with Crippen LogP contribution >= 0.6 is 0 Å². The molecule has 0 radical (unpaired) electrons. The minimum atomic E-state index is -3.68. The highest BCUT2D eigenvalue weighted by molar-refractivity contribution is 7.92. The summed E-state index contributed by atoms with van der Waals surface area (Å²) in [5.74, 6) is 0.984. The largest absolute Gasteiger partial charge is 0.378 e. The van der Waals surface area contributed by atoms with Gasteiger partial charge < -0.3 is 5.32 Å². The lowest BCUT2D eigenvalue weighted by Gasteiger charge is -2.37. The van der Waals surface area contributed by atoms with Gasteiger partial charge in [-0.15, -0.1) is 0 Å². The Hall–Kier alpha value is -3.05. The van der Waals surface area contributed by atoms with Crippen molar-refractivity contribution in [1.29, 1.82) is 0 Å². The normalized spacial score (nSPS) is 21.7. The maximum absolute atomic E-state index is 13.1. The minimum Gasteiger partial charge on any atom is -0.378 e. The van der Waals surface area contributed by atoms with E-state index in [1.807, 2.05) is 42.5 Å². The topological polar surface area (TPSA) is 58.2 Å². The zero-order valence-corrected chi connectivity index (χ0v) is 19.1. The molecule has 32 heavy (non-hydrogen) atoms. The quantitative estimate of drug-likeness (QED) is 0.445. The molecule has 1 heterocycles. The molecule has 0 saturated heterocycles. The zero-order chi connectivity index (χ0) is 22.3. The van der Waals surface area contributed by atoms with Gasteiger partial charge in [-0.25, -0.2) is 8.42 Å². The van der Waals surface area contributed by atoms with E-state index < -0.39 is 10.0 Å². The summed E-state index contributed by atoms with van der Waals surface area (Å²) >= 11 is 0. The molecule has 5 rings (SSSR count). The fourth-order valence-electron chi connectivity index (χ4n) is 4.88. The van der Waals surface area contributed by atoms with Crippen LogP contribution in [0.4, 0.5) is 11.4 Å². The molecular formula is C27H28N2O2S. The molecule has 0 fully saturated rings.